The number of aromatic nitrogens is 2. The van der Waals surface area contributed by atoms with Crippen LogP contribution < -0.4 is 5.56 Å². The Labute approximate surface area is 106 Å². The molecule has 0 radical (unpaired) electrons. The number of nitrogens with one attached hydrogen (secondary N) is 1. The molecule has 0 aliphatic heterocycles. The van der Waals surface area contributed by atoms with E-state index in [1.807, 2.05) is 0 Å². The zero-order valence-corrected chi connectivity index (χ0v) is 10.9. The molecule has 0 aliphatic rings. The summed E-state index contributed by atoms with van der Waals surface area (Å²) in [5.74, 6) is 0.0584. The van der Waals surface area contributed by atoms with Crippen molar-refractivity contribution >= 4 is 15.9 Å². The summed E-state index contributed by atoms with van der Waals surface area (Å²) < 4.78 is 14.3. The van der Waals surface area contributed by atoms with Gasteiger partial charge in [0.25, 0.3) is 5.56 Å². The summed E-state index contributed by atoms with van der Waals surface area (Å²) >= 11 is 3.12. The molecule has 0 saturated carbocycles. The molecule has 0 bridgehead atoms. The van der Waals surface area contributed by atoms with Crippen LogP contribution in [-0.2, 0) is 0 Å². The van der Waals surface area contributed by atoms with Gasteiger partial charge in [0, 0.05) is 11.1 Å². The van der Waals surface area contributed by atoms with E-state index in [1.165, 1.54) is 0 Å². The van der Waals surface area contributed by atoms with Gasteiger partial charge in [-0.2, -0.15) is 0 Å². The van der Waals surface area contributed by atoms with Crippen molar-refractivity contribution in [2.45, 2.75) is 13.8 Å². The van der Waals surface area contributed by atoms with Crippen LogP contribution >= 0.6 is 15.9 Å². The molecule has 0 saturated heterocycles. The molecule has 1 aromatic heterocycles. The average Bonchev–Trinajstić information content (AvgIpc) is 2.27. The van der Waals surface area contributed by atoms with E-state index in [9.17, 15) is 9.18 Å². The second-order valence-corrected chi connectivity index (χ2v) is 4.58. The van der Waals surface area contributed by atoms with Gasteiger partial charge in [0.15, 0.2) is 0 Å². The summed E-state index contributed by atoms with van der Waals surface area (Å²) in [6.45, 7) is 3.29. The Balaban J connectivity index is 2.77. The van der Waals surface area contributed by atoms with E-state index in [-0.39, 0.29) is 5.56 Å². The van der Waals surface area contributed by atoms with Crippen molar-refractivity contribution in [3.8, 4) is 11.3 Å². The zero-order chi connectivity index (χ0) is 12.6. The molecule has 0 amide bonds. The number of hydrogen-bond acceptors (Lipinski definition) is 2. The first-order chi connectivity index (χ1) is 8.00. The average molecular weight is 297 g/mol. The molecule has 2 aromatic rings. The van der Waals surface area contributed by atoms with E-state index in [0.29, 0.717) is 27.1 Å². The molecule has 0 atom stereocenters. The predicted octanol–water partition coefficient (Wildman–Crippen LogP) is 2.96. The fourth-order valence-corrected chi connectivity index (χ4v) is 1.96. The highest BCUT2D eigenvalue weighted by molar-refractivity contribution is 9.10. The molecule has 5 heteroatoms. The Bertz CT molecular complexity index is 637. The summed E-state index contributed by atoms with van der Waals surface area (Å²) in [4.78, 5) is 18.4. The first kappa shape index (κ1) is 12.0. The molecule has 0 spiro atoms. The molecule has 3 nitrogen and oxygen atoms in total. The Morgan fingerprint density at radius 2 is 2.06 bits per heavy atom. The maximum Gasteiger partial charge on any atom is 0.254 e. The molecule has 0 aliphatic carbocycles. The van der Waals surface area contributed by atoms with Gasteiger partial charge in [-0.25, -0.2) is 9.37 Å². The Kier molecular flexibility index (Phi) is 3.11. The van der Waals surface area contributed by atoms with Crippen LogP contribution in [0.4, 0.5) is 4.39 Å². The maximum atomic E-state index is 13.9. The highest BCUT2D eigenvalue weighted by Gasteiger charge is 2.14. The van der Waals surface area contributed by atoms with E-state index < -0.39 is 5.82 Å². The van der Waals surface area contributed by atoms with Gasteiger partial charge in [0.05, 0.1) is 10.2 Å². The van der Waals surface area contributed by atoms with Crippen LogP contribution in [0.25, 0.3) is 11.3 Å². The van der Waals surface area contributed by atoms with E-state index in [1.54, 1.807) is 32.0 Å². The Morgan fingerprint density at radius 1 is 1.35 bits per heavy atom. The van der Waals surface area contributed by atoms with Gasteiger partial charge in [-0.3, -0.25) is 4.79 Å². The minimum Gasteiger partial charge on any atom is -0.311 e. The smallest absolute Gasteiger partial charge is 0.254 e. The lowest BCUT2D eigenvalue weighted by atomic mass is 10.1. The summed E-state index contributed by atoms with van der Waals surface area (Å²) in [7, 11) is 0. The monoisotopic (exact) mass is 296 g/mol. The van der Waals surface area contributed by atoms with Crippen LogP contribution in [0, 0.1) is 19.7 Å². The van der Waals surface area contributed by atoms with Gasteiger partial charge in [0.1, 0.15) is 11.6 Å². The first-order valence-corrected chi connectivity index (χ1v) is 5.82. The van der Waals surface area contributed by atoms with Crippen LogP contribution in [-0.4, -0.2) is 9.97 Å². The maximum absolute atomic E-state index is 13.9. The van der Waals surface area contributed by atoms with Gasteiger partial charge in [0.2, 0.25) is 0 Å². The second kappa shape index (κ2) is 4.41. The van der Waals surface area contributed by atoms with Crippen molar-refractivity contribution in [3.05, 3.63) is 50.2 Å². The van der Waals surface area contributed by atoms with Crippen LogP contribution in [0.1, 0.15) is 11.4 Å². The molecule has 0 fully saturated rings. The number of rotatable bonds is 1. The molecule has 1 aromatic carbocycles. The Hall–Kier alpha value is -1.49. The summed E-state index contributed by atoms with van der Waals surface area (Å²) in [6, 6.07) is 4.92. The number of H-pyrrole nitrogens is 1. The summed E-state index contributed by atoms with van der Waals surface area (Å²) in [6.07, 6.45) is 0. The highest BCUT2D eigenvalue weighted by Crippen LogP contribution is 2.27. The van der Waals surface area contributed by atoms with E-state index in [2.05, 4.69) is 25.9 Å². The number of aryl methyl sites for hydroxylation is 1. The minimum absolute atomic E-state index is 0.244. The number of nitrogens with zero attached hydrogens (tertiary/aromatic N) is 1. The SMILES string of the molecule is Cc1nc(-c2cccc(Br)c2F)c(C)c(=O)[nH]1. The lowest BCUT2D eigenvalue weighted by molar-refractivity contribution is 0.623. The molecule has 2 rings (SSSR count). The molecular weight excluding hydrogens is 287 g/mol. The minimum atomic E-state index is -0.409. The van der Waals surface area contributed by atoms with Gasteiger partial charge < -0.3 is 4.98 Å². The first-order valence-electron chi connectivity index (χ1n) is 5.02. The van der Waals surface area contributed by atoms with Crippen LogP contribution in [0.15, 0.2) is 27.5 Å². The lowest BCUT2D eigenvalue weighted by Crippen LogP contribution is -2.14. The van der Waals surface area contributed by atoms with Crippen LogP contribution in [0.3, 0.4) is 0 Å². The molecule has 88 valence electrons. The van der Waals surface area contributed by atoms with Crippen molar-refractivity contribution in [2.24, 2.45) is 0 Å². The quantitative estimate of drug-likeness (QED) is 0.879. The summed E-state index contributed by atoms with van der Waals surface area (Å²) in [5, 5.41) is 0. The van der Waals surface area contributed by atoms with Crippen molar-refractivity contribution in [1.29, 1.82) is 0 Å². The normalized spacial score (nSPS) is 10.6. The van der Waals surface area contributed by atoms with Crippen molar-refractivity contribution in [1.82, 2.24) is 9.97 Å². The third-order valence-corrected chi connectivity index (χ3v) is 3.09. The predicted molar refractivity (Wildman–Crippen MR) is 67.4 cm³/mol. The van der Waals surface area contributed by atoms with Crippen molar-refractivity contribution < 1.29 is 4.39 Å². The van der Waals surface area contributed by atoms with Gasteiger partial charge in [-0.15, -0.1) is 0 Å². The van der Waals surface area contributed by atoms with Crippen molar-refractivity contribution in [3.63, 3.8) is 0 Å². The fourth-order valence-electron chi connectivity index (χ4n) is 1.59. The second-order valence-electron chi connectivity index (χ2n) is 3.73. The van der Waals surface area contributed by atoms with E-state index in [0.717, 1.165) is 0 Å². The van der Waals surface area contributed by atoms with Gasteiger partial charge in [-0.05, 0) is 41.9 Å². The topological polar surface area (TPSA) is 45.8 Å². The van der Waals surface area contributed by atoms with E-state index in [4.69, 9.17) is 0 Å². The van der Waals surface area contributed by atoms with Gasteiger partial charge in [-0.1, -0.05) is 6.07 Å². The van der Waals surface area contributed by atoms with Crippen LogP contribution in [0.5, 0.6) is 0 Å². The number of hydrogen-bond donors (Lipinski definition) is 1. The van der Waals surface area contributed by atoms with Crippen LogP contribution in [0.2, 0.25) is 0 Å². The number of halogens is 2. The third kappa shape index (κ3) is 2.15. The molecule has 0 unspecified atom stereocenters. The third-order valence-electron chi connectivity index (χ3n) is 2.48. The molecular formula is C12H10BrFN2O. The Morgan fingerprint density at radius 3 is 2.76 bits per heavy atom. The summed E-state index contributed by atoms with van der Waals surface area (Å²) in [5.41, 5.74) is 0.871. The fraction of sp³-hybridized carbons (Fsp3) is 0.167. The standard InChI is InChI=1S/C12H10BrFN2O/c1-6-11(15-7(2)16-12(6)17)8-4-3-5-9(13)10(8)14/h3-5H,1-2H3,(H,15,16,17). The molecule has 1 N–H and O–H groups in total. The molecule has 17 heavy (non-hydrogen) atoms. The van der Waals surface area contributed by atoms with Crippen molar-refractivity contribution in [2.75, 3.05) is 0 Å². The van der Waals surface area contributed by atoms with E-state index >= 15 is 0 Å². The molecule has 1 heterocycles. The van der Waals surface area contributed by atoms with Gasteiger partial charge >= 0.3 is 0 Å². The lowest BCUT2D eigenvalue weighted by Gasteiger charge is -2.07. The largest absolute Gasteiger partial charge is 0.311 e. The number of benzene rings is 1. The number of aromatic amines is 1. The zero-order valence-electron chi connectivity index (χ0n) is 9.34. The highest BCUT2D eigenvalue weighted by atomic mass is 79.9.